The highest BCUT2D eigenvalue weighted by Crippen LogP contribution is 2.18. The lowest BCUT2D eigenvalue weighted by Crippen LogP contribution is -2.18. The molecule has 0 aliphatic rings. The van der Waals surface area contributed by atoms with E-state index >= 15 is 0 Å². The molecule has 1 N–H and O–H groups in total. The van der Waals surface area contributed by atoms with E-state index in [-0.39, 0.29) is 22.7 Å². The Hall–Kier alpha value is -3.80. The lowest BCUT2D eigenvalue weighted by Gasteiger charge is -2.11. The van der Waals surface area contributed by atoms with Gasteiger partial charge in [0, 0.05) is 11.1 Å². The SMILES string of the molecule is Cc1cccc(C(=O)Nc2ccccc2C(=O)OCC(=O)c2cccc(F)c2)c1. The fraction of sp³-hybridized carbons (Fsp3) is 0.0870. The van der Waals surface area contributed by atoms with Gasteiger partial charge in [0.1, 0.15) is 5.82 Å². The van der Waals surface area contributed by atoms with Crippen molar-refractivity contribution in [2.24, 2.45) is 0 Å². The quantitative estimate of drug-likeness (QED) is 0.499. The maximum atomic E-state index is 13.2. The second-order valence-corrected chi connectivity index (χ2v) is 6.38. The number of benzene rings is 3. The van der Waals surface area contributed by atoms with E-state index in [4.69, 9.17) is 4.74 Å². The van der Waals surface area contributed by atoms with Crippen LogP contribution in [0.2, 0.25) is 0 Å². The molecule has 0 bridgehead atoms. The molecule has 1 amide bonds. The van der Waals surface area contributed by atoms with E-state index in [0.717, 1.165) is 11.6 Å². The number of Topliss-reactive ketones (excluding diaryl/α,β-unsaturated/α-hetero) is 1. The monoisotopic (exact) mass is 391 g/mol. The first-order valence-corrected chi connectivity index (χ1v) is 8.87. The Balaban J connectivity index is 1.70. The molecule has 3 rings (SSSR count). The second-order valence-electron chi connectivity index (χ2n) is 6.38. The maximum Gasteiger partial charge on any atom is 0.340 e. The van der Waals surface area contributed by atoms with E-state index in [1.807, 2.05) is 13.0 Å². The van der Waals surface area contributed by atoms with Crippen LogP contribution in [0, 0.1) is 12.7 Å². The molecule has 3 aromatic rings. The third-order valence-electron chi connectivity index (χ3n) is 4.16. The van der Waals surface area contributed by atoms with Crippen molar-refractivity contribution in [3.05, 3.63) is 101 Å². The number of halogens is 1. The molecule has 0 aromatic heterocycles. The number of rotatable bonds is 6. The number of hydrogen-bond acceptors (Lipinski definition) is 4. The first-order chi connectivity index (χ1) is 13.9. The van der Waals surface area contributed by atoms with Crippen molar-refractivity contribution < 1.29 is 23.5 Å². The van der Waals surface area contributed by atoms with Crippen LogP contribution >= 0.6 is 0 Å². The summed E-state index contributed by atoms with van der Waals surface area (Å²) in [5.41, 5.74) is 1.87. The number of para-hydroxylation sites is 1. The predicted octanol–water partition coefficient (Wildman–Crippen LogP) is 4.43. The van der Waals surface area contributed by atoms with Gasteiger partial charge in [0.25, 0.3) is 5.91 Å². The molecule has 0 heterocycles. The molecule has 0 atom stereocenters. The lowest BCUT2D eigenvalue weighted by molar-refractivity contribution is 0.0475. The van der Waals surface area contributed by atoms with Crippen LogP contribution in [0.3, 0.4) is 0 Å². The topological polar surface area (TPSA) is 72.5 Å². The van der Waals surface area contributed by atoms with Gasteiger partial charge in [0.2, 0.25) is 0 Å². The van der Waals surface area contributed by atoms with Crippen LogP contribution in [-0.4, -0.2) is 24.3 Å². The molecule has 29 heavy (non-hydrogen) atoms. The average molecular weight is 391 g/mol. The number of ketones is 1. The molecule has 0 spiro atoms. The molecule has 0 radical (unpaired) electrons. The molecule has 146 valence electrons. The number of carbonyl (C=O) groups excluding carboxylic acids is 3. The number of carbonyl (C=O) groups is 3. The second kappa shape index (κ2) is 8.93. The Morgan fingerprint density at radius 3 is 2.38 bits per heavy atom. The van der Waals surface area contributed by atoms with Gasteiger partial charge in [-0.05, 0) is 43.3 Å². The van der Waals surface area contributed by atoms with Crippen molar-refractivity contribution >= 4 is 23.3 Å². The van der Waals surface area contributed by atoms with Gasteiger partial charge in [-0.25, -0.2) is 9.18 Å². The highest BCUT2D eigenvalue weighted by molar-refractivity contribution is 6.08. The van der Waals surface area contributed by atoms with Gasteiger partial charge in [0.05, 0.1) is 11.3 Å². The highest BCUT2D eigenvalue weighted by atomic mass is 19.1. The summed E-state index contributed by atoms with van der Waals surface area (Å²) in [5.74, 6) is -2.22. The van der Waals surface area contributed by atoms with E-state index in [2.05, 4.69) is 5.32 Å². The average Bonchev–Trinajstić information content (AvgIpc) is 2.72. The van der Waals surface area contributed by atoms with Crippen molar-refractivity contribution in [2.75, 3.05) is 11.9 Å². The highest BCUT2D eigenvalue weighted by Gasteiger charge is 2.17. The first kappa shape index (κ1) is 19.9. The van der Waals surface area contributed by atoms with E-state index in [1.54, 1.807) is 36.4 Å². The molecule has 0 aliphatic carbocycles. The summed E-state index contributed by atoms with van der Waals surface area (Å²) in [4.78, 5) is 37.0. The summed E-state index contributed by atoms with van der Waals surface area (Å²) in [5, 5.41) is 2.69. The minimum atomic E-state index is -0.769. The maximum absolute atomic E-state index is 13.2. The Kier molecular flexibility index (Phi) is 6.14. The largest absolute Gasteiger partial charge is 0.454 e. The number of aryl methyl sites for hydroxylation is 1. The number of esters is 1. The van der Waals surface area contributed by atoms with Crippen LogP contribution in [0.1, 0.15) is 36.6 Å². The molecule has 0 aliphatic heterocycles. The normalized spacial score (nSPS) is 10.3. The first-order valence-electron chi connectivity index (χ1n) is 8.87. The molecular weight excluding hydrogens is 373 g/mol. The summed E-state index contributed by atoms with van der Waals surface area (Å²) in [6.45, 7) is 1.33. The standard InChI is InChI=1S/C23H18FNO4/c1-15-6-4-8-17(12-15)22(27)25-20-11-3-2-10-19(20)23(28)29-14-21(26)16-7-5-9-18(24)13-16/h2-13H,14H2,1H3,(H,25,27). The number of nitrogens with one attached hydrogen (secondary N) is 1. The molecule has 6 heteroatoms. The van der Waals surface area contributed by atoms with Crippen molar-refractivity contribution in [1.29, 1.82) is 0 Å². The van der Waals surface area contributed by atoms with Gasteiger partial charge in [-0.1, -0.05) is 42.0 Å². The lowest BCUT2D eigenvalue weighted by atomic mass is 10.1. The fourth-order valence-electron chi connectivity index (χ4n) is 2.71. The Morgan fingerprint density at radius 1 is 0.897 bits per heavy atom. The molecule has 0 fully saturated rings. The van der Waals surface area contributed by atoms with Crippen LogP contribution in [-0.2, 0) is 4.74 Å². The van der Waals surface area contributed by atoms with Gasteiger partial charge in [-0.15, -0.1) is 0 Å². The number of amides is 1. The van der Waals surface area contributed by atoms with Crippen LogP contribution in [0.4, 0.5) is 10.1 Å². The van der Waals surface area contributed by atoms with Crippen molar-refractivity contribution in [1.82, 2.24) is 0 Å². The number of ether oxygens (including phenoxy) is 1. The van der Waals surface area contributed by atoms with Crippen molar-refractivity contribution in [3.8, 4) is 0 Å². The third-order valence-corrected chi connectivity index (χ3v) is 4.16. The van der Waals surface area contributed by atoms with Crippen molar-refractivity contribution in [2.45, 2.75) is 6.92 Å². The zero-order valence-electron chi connectivity index (χ0n) is 15.6. The number of hydrogen-bond donors (Lipinski definition) is 1. The third kappa shape index (κ3) is 5.13. The van der Waals surface area contributed by atoms with E-state index in [0.29, 0.717) is 5.56 Å². The minimum absolute atomic E-state index is 0.110. The van der Waals surface area contributed by atoms with Crippen LogP contribution in [0.15, 0.2) is 72.8 Å². The van der Waals surface area contributed by atoms with E-state index < -0.39 is 24.2 Å². The summed E-state index contributed by atoms with van der Waals surface area (Å²) >= 11 is 0. The molecule has 0 saturated carbocycles. The summed E-state index contributed by atoms with van der Waals surface area (Å²) in [6.07, 6.45) is 0. The summed E-state index contributed by atoms with van der Waals surface area (Å²) < 4.78 is 18.3. The zero-order chi connectivity index (χ0) is 20.8. The molecule has 3 aromatic carbocycles. The minimum Gasteiger partial charge on any atom is -0.454 e. The van der Waals surface area contributed by atoms with Gasteiger partial charge < -0.3 is 10.1 Å². The van der Waals surface area contributed by atoms with Crippen LogP contribution in [0.25, 0.3) is 0 Å². The Labute approximate surface area is 167 Å². The van der Waals surface area contributed by atoms with Crippen molar-refractivity contribution in [3.63, 3.8) is 0 Å². The van der Waals surface area contributed by atoms with Crippen LogP contribution in [0.5, 0.6) is 0 Å². The summed E-state index contributed by atoms with van der Waals surface area (Å²) in [7, 11) is 0. The fourth-order valence-corrected chi connectivity index (χ4v) is 2.71. The Morgan fingerprint density at radius 2 is 1.62 bits per heavy atom. The van der Waals surface area contributed by atoms with Gasteiger partial charge in [-0.3, -0.25) is 9.59 Å². The van der Waals surface area contributed by atoms with Crippen LogP contribution < -0.4 is 5.32 Å². The van der Waals surface area contributed by atoms with Gasteiger partial charge in [0.15, 0.2) is 12.4 Å². The number of anilines is 1. The molecular formula is C23H18FNO4. The molecule has 5 nitrogen and oxygen atoms in total. The van der Waals surface area contributed by atoms with E-state index in [9.17, 15) is 18.8 Å². The van der Waals surface area contributed by atoms with Gasteiger partial charge >= 0.3 is 5.97 Å². The Bertz CT molecular complexity index is 1080. The van der Waals surface area contributed by atoms with Gasteiger partial charge in [-0.2, -0.15) is 0 Å². The molecule has 0 unspecified atom stereocenters. The zero-order valence-corrected chi connectivity index (χ0v) is 15.6. The van der Waals surface area contributed by atoms with E-state index in [1.165, 1.54) is 24.3 Å². The molecule has 0 saturated heterocycles. The predicted molar refractivity (Wildman–Crippen MR) is 107 cm³/mol. The smallest absolute Gasteiger partial charge is 0.340 e. The summed E-state index contributed by atoms with van der Waals surface area (Å²) in [6, 6.07) is 18.5.